The van der Waals surface area contributed by atoms with E-state index in [1.807, 2.05) is 30.3 Å². The van der Waals surface area contributed by atoms with Gasteiger partial charge in [0.2, 0.25) is 5.91 Å². The minimum atomic E-state index is -0.465. The molecule has 1 aliphatic rings. The number of benzene rings is 2. The van der Waals surface area contributed by atoms with Gasteiger partial charge >= 0.3 is 5.97 Å². The van der Waals surface area contributed by atoms with Crippen molar-refractivity contribution in [3.8, 4) is 5.75 Å². The standard InChI is InChI=1S/C21H20ClNO4/c1-13-20(21(25)27-12-14-7-9-15(26-2)10-8-14)17(11-19(24)23-13)16-5-3-4-6-18(16)22/h3-10,17H,11-12H2,1-2H3,(H,23,24)/t17-/m0/s1. The van der Waals surface area contributed by atoms with Crippen LogP contribution < -0.4 is 10.1 Å². The number of nitrogens with one attached hydrogen (secondary N) is 1. The topological polar surface area (TPSA) is 64.6 Å². The number of hydrogen-bond acceptors (Lipinski definition) is 4. The number of carbonyl (C=O) groups is 2. The third-order valence-electron chi connectivity index (χ3n) is 4.50. The van der Waals surface area contributed by atoms with Gasteiger partial charge in [0.1, 0.15) is 12.4 Å². The van der Waals surface area contributed by atoms with E-state index in [9.17, 15) is 9.59 Å². The maximum absolute atomic E-state index is 12.8. The zero-order valence-electron chi connectivity index (χ0n) is 15.1. The average molecular weight is 386 g/mol. The maximum Gasteiger partial charge on any atom is 0.336 e. The van der Waals surface area contributed by atoms with Crippen molar-refractivity contribution in [1.82, 2.24) is 5.32 Å². The second-order valence-corrected chi connectivity index (χ2v) is 6.70. The summed E-state index contributed by atoms with van der Waals surface area (Å²) < 4.78 is 10.6. The summed E-state index contributed by atoms with van der Waals surface area (Å²) in [6.45, 7) is 1.83. The second kappa shape index (κ2) is 8.27. The van der Waals surface area contributed by atoms with Gasteiger partial charge in [0.05, 0.1) is 12.7 Å². The van der Waals surface area contributed by atoms with Crippen LogP contribution >= 0.6 is 11.6 Å². The number of ether oxygens (including phenoxy) is 2. The summed E-state index contributed by atoms with van der Waals surface area (Å²) in [5.41, 5.74) is 2.51. The van der Waals surface area contributed by atoms with E-state index in [1.54, 1.807) is 32.2 Å². The molecular weight excluding hydrogens is 366 g/mol. The summed E-state index contributed by atoms with van der Waals surface area (Å²) in [5.74, 6) is -0.314. The van der Waals surface area contributed by atoms with Gasteiger partial charge in [-0.3, -0.25) is 4.79 Å². The summed E-state index contributed by atoms with van der Waals surface area (Å²) in [7, 11) is 1.59. The molecule has 1 aliphatic heterocycles. The highest BCUT2D eigenvalue weighted by Gasteiger charge is 2.33. The van der Waals surface area contributed by atoms with Gasteiger partial charge in [0, 0.05) is 23.1 Å². The van der Waals surface area contributed by atoms with Crippen LogP contribution in [0.1, 0.15) is 30.4 Å². The summed E-state index contributed by atoms with van der Waals surface area (Å²) >= 11 is 6.31. The number of methoxy groups -OCH3 is 1. The first kappa shape index (κ1) is 19.0. The summed E-state index contributed by atoms with van der Waals surface area (Å²) in [6.07, 6.45) is 0.147. The van der Waals surface area contributed by atoms with Crippen LogP contribution in [0, 0.1) is 0 Å². The van der Waals surface area contributed by atoms with Gasteiger partial charge in [-0.25, -0.2) is 4.79 Å². The number of carbonyl (C=O) groups excluding carboxylic acids is 2. The van der Waals surface area contributed by atoms with Crippen molar-refractivity contribution >= 4 is 23.5 Å². The van der Waals surface area contributed by atoms with E-state index in [2.05, 4.69) is 5.32 Å². The number of esters is 1. The van der Waals surface area contributed by atoms with Crippen LogP contribution in [0.5, 0.6) is 5.75 Å². The SMILES string of the molecule is COc1ccc(COC(=O)C2=C(C)NC(=O)C[C@H]2c2ccccc2Cl)cc1. The van der Waals surface area contributed by atoms with Gasteiger partial charge in [-0.2, -0.15) is 0 Å². The first-order chi connectivity index (χ1) is 13.0. The molecule has 1 N–H and O–H groups in total. The lowest BCUT2D eigenvalue weighted by atomic mass is 9.84. The smallest absolute Gasteiger partial charge is 0.336 e. The Hall–Kier alpha value is -2.79. The molecule has 0 spiro atoms. The molecule has 0 aliphatic carbocycles. The quantitative estimate of drug-likeness (QED) is 0.791. The molecule has 0 saturated carbocycles. The van der Waals surface area contributed by atoms with E-state index < -0.39 is 11.9 Å². The fourth-order valence-corrected chi connectivity index (χ4v) is 3.41. The Kier molecular flexibility index (Phi) is 5.81. The van der Waals surface area contributed by atoms with Crippen molar-refractivity contribution in [2.75, 3.05) is 7.11 Å². The van der Waals surface area contributed by atoms with Crippen LogP contribution in [-0.2, 0) is 20.9 Å². The van der Waals surface area contributed by atoms with Crippen molar-refractivity contribution in [1.29, 1.82) is 0 Å². The molecule has 0 bridgehead atoms. The fraction of sp³-hybridized carbons (Fsp3) is 0.238. The molecule has 0 saturated heterocycles. The van der Waals surface area contributed by atoms with E-state index in [4.69, 9.17) is 21.1 Å². The van der Waals surface area contributed by atoms with Crippen LogP contribution in [0.2, 0.25) is 5.02 Å². The average Bonchev–Trinajstić information content (AvgIpc) is 2.66. The van der Waals surface area contributed by atoms with Gasteiger partial charge < -0.3 is 14.8 Å². The first-order valence-electron chi connectivity index (χ1n) is 8.54. The van der Waals surface area contributed by atoms with E-state index in [0.29, 0.717) is 16.3 Å². The summed E-state index contributed by atoms with van der Waals surface area (Å²) in [6, 6.07) is 14.5. The van der Waals surface area contributed by atoms with Crippen LogP contribution in [-0.4, -0.2) is 19.0 Å². The molecule has 140 valence electrons. The van der Waals surface area contributed by atoms with Crippen molar-refractivity contribution in [3.63, 3.8) is 0 Å². The van der Waals surface area contributed by atoms with Gasteiger partial charge in [-0.1, -0.05) is 41.9 Å². The Labute approximate surface area is 162 Å². The van der Waals surface area contributed by atoms with Crippen molar-refractivity contribution in [3.05, 3.63) is 76.0 Å². The third kappa shape index (κ3) is 4.31. The molecule has 5 nitrogen and oxygen atoms in total. The Balaban J connectivity index is 1.82. The zero-order valence-corrected chi connectivity index (χ0v) is 15.9. The lowest BCUT2D eigenvalue weighted by Crippen LogP contribution is -2.34. The molecule has 3 rings (SSSR count). The van der Waals surface area contributed by atoms with Gasteiger partial charge in [0.15, 0.2) is 0 Å². The highest BCUT2D eigenvalue weighted by molar-refractivity contribution is 6.31. The molecule has 2 aromatic carbocycles. The molecule has 1 amide bonds. The van der Waals surface area contributed by atoms with E-state index >= 15 is 0 Å². The predicted molar refractivity (Wildman–Crippen MR) is 102 cm³/mol. The number of amides is 1. The number of hydrogen-bond donors (Lipinski definition) is 1. The Bertz CT molecular complexity index is 889. The highest BCUT2D eigenvalue weighted by Crippen LogP contribution is 2.37. The number of halogens is 1. The monoisotopic (exact) mass is 385 g/mol. The van der Waals surface area contributed by atoms with Crippen molar-refractivity contribution < 1.29 is 19.1 Å². The normalized spacial score (nSPS) is 16.7. The molecule has 0 radical (unpaired) electrons. The molecule has 6 heteroatoms. The molecule has 0 unspecified atom stereocenters. The first-order valence-corrected chi connectivity index (χ1v) is 8.92. The lowest BCUT2D eigenvalue weighted by Gasteiger charge is -2.27. The third-order valence-corrected chi connectivity index (χ3v) is 4.84. The Morgan fingerprint density at radius 1 is 1.19 bits per heavy atom. The largest absolute Gasteiger partial charge is 0.497 e. The Morgan fingerprint density at radius 2 is 1.89 bits per heavy atom. The van der Waals surface area contributed by atoms with Crippen molar-refractivity contribution in [2.24, 2.45) is 0 Å². The Morgan fingerprint density at radius 3 is 2.56 bits per heavy atom. The minimum absolute atomic E-state index is 0.128. The fourth-order valence-electron chi connectivity index (χ4n) is 3.14. The molecule has 2 aromatic rings. The number of allylic oxidation sites excluding steroid dienone is 1. The van der Waals surface area contributed by atoms with E-state index in [1.165, 1.54) is 0 Å². The van der Waals surface area contributed by atoms with Crippen LogP contribution in [0.25, 0.3) is 0 Å². The van der Waals surface area contributed by atoms with Crippen LogP contribution in [0.15, 0.2) is 59.8 Å². The van der Waals surface area contributed by atoms with Gasteiger partial charge in [-0.15, -0.1) is 0 Å². The molecular formula is C21H20ClNO4. The van der Waals surface area contributed by atoms with Gasteiger partial charge in [-0.05, 0) is 36.2 Å². The minimum Gasteiger partial charge on any atom is -0.497 e. The van der Waals surface area contributed by atoms with Crippen LogP contribution in [0.3, 0.4) is 0 Å². The van der Waals surface area contributed by atoms with Crippen molar-refractivity contribution in [2.45, 2.75) is 25.9 Å². The maximum atomic E-state index is 12.8. The zero-order chi connectivity index (χ0) is 19.4. The molecule has 0 fully saturated rings. The summed E-state index contributed by atoms with van der Waals surface area (Å²) in [5, 5.41) is 3.24. The number of rotatable bonds is 5. The van der Waals surface area contributed by atoms with Crippen LogP contribution in [0.4, 0.5) is 0 Å². The second-order valence-electron chi connectivity index (χ2n) is 6.29. The molecule has 1 heterocycles. The summed E-state index contributed by atoms with van der Waals surface area (Å²) in [4.78, 5) is 24.8. The van der Waals surface area contributed by atoms with E-state index in [0.717, 1.165) is 16.9 Å². The molecule has 0 aromatic heterocycles. The van der Waals surface area contributed by atoms with Gasteiger partial charge in [0.25, 0.3) is 0 Å². The highest BCUT2D eigenvalue weighted by atomic mass is 35.5. The van der Waals surface area contributed by atoms with E-state index in [-0.39, 0.29) is 18.9 Å². The lowest BCUT2D eigenvalue weighted by molar-refractivity contribution is -0.141. The predicted octanol–water partition coefficient (Wildman–Crippen LogP) is 3.97. The molecule has 1 atom stereocenters. The molecule has 27 heavy (non-hydrogen) atoms.